The molecule has 0 spiro atoms. The van der Waals surface area contributed by atoms with Crippen molar-refractivity contribution < 1.29 is 14.4 Å². The first-order chi connectivity index (χ1) is 13.5. The summed E-state index contributed by atoms with van der Waals surface area (Å²) >= 11 is 0. The van der Waals surface area contributed by atoms with Crippen LogP contribution in [-0.2, 0) is 11.3 Å². The Bertz CT molecular complexity index is 828. The first kappa shape index (κ1) is 19.4. The normalized spacial score (nSPS) is 14.4. The van der Waals surface area contributed by atoms with E-state index in [0.717, 1.165) is 11.3 Å². The lowest BCUT2D eigenvalue weighted by Gasteiger charge is -2.31. The van der Waals surface area contributed by atoms with Crippen LogP contribution in [0.3, 0.4) is 0 Å². The second kappa shape index (κ2) is 9.03. The largest absolute Gasteiger partial charge is 0.352 e. The zero-order valence-electron chi connectivity index (χ0n) is 15.6. The maximum atomic E-state index is 12.7. The third kappa shape index (κ3) is 5.09. The number of hydrogen-bond acceptors (Lipinski definition) is 3. The van der Waals surface area contributed by atoms with Gasteiger partial charge in [0.05, 0.1) is 0 Å². The molecule has 1 heterocycles. The van der Waals surface area contributed by atoms with Crippen LogP contribution >= 0.6 is 0 Å². The highest BCUT2D eigenvalue weighted by Gasteiger charge is 2.27. The van der Waals surface area contributed by atoms with E-state index in [4.69, 9.17) is 5.73 Å². The number of likely N-dealkylation sites (tertiary alicyclic amines) is 1. The number of hydrogen-bond donors (Lipinski definition) is 3. The van der Waals surface area contributed by atoms with Gasteiger partial charge in [0.1, 0.15) is 0 Å². The van der Waals surface area contributed by atoms with E-state index in [0.29, 0.717) is 38.0 Å². The number of nitrogens with two attached hydrogens (primary N) is 1. The van der Waals surface area contributed by atoms with Gasteiger partial charge in [0, 0.05) is 36.8 Å². The number of carbonyl (C=O) groups is 3. The van der Waals surface area contributed by atoms with E-state index in [9.17, 15) is 14.4 Å². The Morgan fingerprint density at radius 3 is 2.21 bits per heavy atom. The Hall–Kier alpha value is -3.35. The molecule has 146 valence electrons. The number of rotatable bonds is 5. The molecule has 2 aromatic rings. The molecule has 0 radical (unpaired) electrons. The fourth-order valence-corrected chi connectivity index (χ4v) is 3.25. The number of piperidine rings is 1. The number of carbonyl (C=O) groups excluding carboxylic acids is 3. The number of urea groups is 1. The van der Waals surface area contributed by atoms with Gasteiger partial charge in [-0.1, -0.05) is 30.3 Å². The summed E-state index contributed by atoms with van der Waals surface area (Å²) in [6.45, 7) is 1.43. The first-order valence-corrected chi connectivity index (χ1v) is 9.30. The molecule has 0 bridgehead atoms. The topological polar surface area (TPSA) is 105 Å². The predicted molar refractivity (Wildman–Crippen MR) is 107 cm³/mol. The molecule has 1 aliphatic rings. The summed E-state index contributed by atoms with van der Waals surface area (Å²) < 4.78 is 0. The molecule has 7 nitrogen and oxygen atoms in total. The van der Waals surface area contributed by atoms with E-state index in [1.165, 1.54) is 0 Å². The Morgan fingerprint density at radius 1 is 0.964 bits per heavy atom. The molecule has 4 N–H and O–H groups in total. The van der Waals surface area contributed by atoms with Gasteiger partial charge in [0.2, 0.25) is 5.91 Å². The zero-order valence-corrected chi connectivity index (χ0v) is 15.6. The van der Waals surface area contributed by atoms with Gasteiger partial charge in [0.15, 0.2) is 0 Å². The molecule has 1 saturated heterocycles. The molecule has 0 atom stereocenters. The van der Waals surface area contributed by atoms with E-state index in [1.54, 1.807) is 29.2 Å². The van der Waals surface area contributed by atoms with Crippen molar-refractivity contribution >= 4 is 23.5 Å². The molecule has 3 rings (SSSR count). The van der Waals surface area contributed by atoms with Gasteiger partial charge in [-0.25, -0.2) is 4.79 Å². The summed E-state index contributed by atoms with van der Waals surface area (Å²) in [5.74, 6) is -0.132. The minimum atomic E-state index is -0.584. The minimum Gasteiger partial charge on any atom is -0.352 e. The Kier molecular flexibility index (Phi) is 6.26. The highest BCUT2D eigenvalue weighted by molar-refractivity contribution is 5.95. The molecule has 4 amide bonds. The fourth-order valence-electron chi connectivity index (χ4n) is 3.25. The standard InChI is InChI=1S/C21H24N4O3/c22-21(28)23-14-15-6-8-17(9-7-15)20(27)25-12-10-16(11-13-25)19(26)24-18-4-2-1-3-5-18/h1-9,16H,10-14H2,(H,24,26)(H3,22,23,28). The number of para-hydroxylation sites is 1. The van der Waals surface area contributed by atoms with Crippen LogP contribution in [0.5, 0.6) is 0 Å². The van der Waals surface area contributed by atoms with Gasteiger partial charge >= 0.3 is 6.03 Å². The molecular weight excluding hydrogens is 356 g/mol. The average Bonchev–Trinajstić information content (AvgIpc) is 2.73. The maximum absolute atomic E-state index is 12.7. The van der Waals surface area contributed by atoms with Gasteiger partial charge < -0.3 is 21.3 Å². The van der Waals surface area contributed by atoms with Crippen LogP contribution in [0.2, 0.25) is 0 Å². The summed E-state index contributed by atoms with van der Waals surface area (Å²) in [6.07, 6.45) is 1.29. The van der Waals surface area contributed by atoms with E-state index < -0.39 is 6.03 Å². The zero-order chi connectivity index (χ0) is 19.9. The van der Waals surface area contributed by atoms with Crippen molar-refractivity contribution in [2.24, 2.45) is 11.7 Å². The number of nitrogens with one attached hydrogen (secondary N) is 2. The van der Waals surface area contributed by atoms with Gasteiger partial charge in [-0.2, -0.15) is 0 Å². The van der Waals surface area contributed by atoms with Crippen LogP contribution in [0.25, 0.3) is 0 Å². The van der Waals surface area contributed by atoms with Crippen molar-refractivity contribution in [3.8, 4) is 0 Å². The molecule has 2 aromatic carbocycles. The molecule has 1 aliphatic heterocycles. The number of primary amides is 1. The molecular formula is C21H24N4O3. The third-order valence-corrected chi connectivity index (χ3v) is 4.86. The number of benzene rings is 2. The lowest BCUT2D eigenvalue weighted by atomic mass is 9.95. The molecule has 1 fully saturated rings. The van der Waals surface area contributed by atoms with Crippen LogP contribution in [0, 0.1) is 5.92 Å². The SMILES string of the molecule is NC(=O)NCc1ccc(C(=O)N2CCC(C(=O)Nc3ccccc3)CC2)cc1. The van der Waals surface area contributed by atoms with E-state index in [2.05, 4.69) is 10.6 Å². The van der Waals surface area contributed by atoms with Gasteiger partial charge in [-0.15, -0.1) is 0 Å². The number of nitrogens with zero attached hydrogens (tertiary/aromatic N) is 1. The van der Waals surface area contributed by atoms with Crippen LogP contribution in [0.1, 0.15) is 28.8 Å². The molecule has 0 saturated carbocycles. The number of amides is 4. The van der Waals surface area contributed by atoms with E-state index >= 15 is 0 Å². The smallest absolute Gasteiger partial charge is 0.312 e. The molecule has 7 heteroatoms. The van der Waals surface area contributed by atoms with Crippen molar-refractivity contribution in [1.29, 1.82) is 0 Å². The molecule has 0 unspecified atom stereocenters. The summed E-state index contributed by atoms with van der Waals surface area (Å²) in [5.41, 5.74) is 7.30. The van der Waals surface area contributed by atoms with Crippen LogP contribution in [0.4, 0.5) is 10.5 Å². The van der Waals surface area contributed by atoms with E-state index in [1.807, 2.05) is 30.3 Å². The highest BCUT2D eigenvalue weighted by Crippen LogP contribution is 2.21. The quantitative estimate of drug-likeness (QED) is 0.741. The number of anilines is 1. The fraction of sp³-hybridized carbons (Fsp3) is 0.286. The summed E-state index contributed by atoms with van der Waals surface area (Å²) in [7, 11) is 0. The summed E-state index contributed by atoms with van der Waals surface area (Å²) in [5, 5.41) is 5.44. The first-order valence-electron chi connectivity index (χ1n) is 9.30. The van der Waals surface area contributed by atoms with Crippen LogP contribution in [-0.4, -0.2) is 35.8 Å². The third-order valence-electron chi connectivity index (χ3n) is 4.86. The highest BCUT2D eigenvalue weighted by atomic mass is 16.2. The van der Waals surface area contributed by atoms with Crippen molar-refractivity contribution in [2.75, 3.05) is 18.4 Å². The Balaban J connectivity index is 1.50. The van der Waals surface area contributed by atoms with Crippen molar-refractivity contribution in [1.82, 2.24) is 10.2 Å². The van der Waals surface area contributed by atoms with Crippen LogP contribution < -0.4 is 16.4 Å². The minimum absolute atomic E-state index is 0.00426. The Labute approximate surface area is 163 Å². The second-order valence-electron chi connectivity index (χ2n) is 6.84. The maximum Gasteiger partial charge on any atom is 0.312 e. The molecule has 0 aliphatic carbocycles. The van der Waals surface area contributed by atoms with Crippen molar-refractivity contribution in [3.63, 3.8) is 0 Å². The van der Waals surface area contributed by atoms with Gasteiger partial charge in [0.25, 0.3) is 5.91 Å². The Morgan fingerprint density at radius 2 is 1.61 bits per heavy atom. The molecule has 28 heavy (non-hydrogen) atoms. The van der Waals surface area contributed by atoms with Crippen molar-refractivity contribution in [3.05, 3.63) is 65.7 Å². The lowest BCUT2D eigenvalue weighted by Crippen LogP contribution is -2.41. The van der Waals surface area contributed by atoms with Gasteiger partial charge in [-0.05, 0) is 42.7 Å². The van der Waals surface area contributed by atoms with Crippen LogP contribution in [0.15, 0.2) is 54.6 Å². The predicted octanol–water partition coefficient (Wildman–Crippen LogP) is 2.35. The lowest BCUT2D eigenvalue weighted by molar-refractivity contribution is -0.121. The van der Waals surface area contributed by atoms with Gasteiger partial charge in [-0.3, -0.25) is 9.59 Å². The van der Waals surface area contributed by atoms with E-state index in [-0.39, 0.29) is 17.7 Å². The average molecular weight is 380 g/mol. The van der Waals surface area contributed by atoms with Crippen molar-refractivity contribution in [2.45, 2.75) is 19.4 Å². The summed E-state index contributed by atoms with van der Waals surface area (Å²) in [6, 6.07) is 15.9. The summed E-state index contributed by atoms with van der Waals surface area (Å²) in [4.78, 5) is 37.6. The second-order valence-corrected chi connectivity index (χ2v) is 6.84. The molecule has 0 aromatic heterocycles. The monoisotopic (exact) mass is 380 g/mol.